The second-order valence-electron chi connectivity index (χ2n) is 7.76. The van der Waals surface area contributed by atoms with Crippen LogP contribution >= 0.6 is 15.9 Å². The Morgan fingerprint density at radius 2 is 1.83 bits per heavy atom. The number of nitriles is 1. The highest BCUT2D eigenvalue weighted by Crippen LogP contribution is 2.44. The summed E-state index contributed by atoms with van der Waals surface area (Å²) in [5, 5.41) is 9.79. The van der Waals surface area contributed by atoms with Crippen molar-refractivity contribution in [3.63, 3.8) is 0 Å². The normalized spacial score (nSPS) is 14.4. The van der Waals surface area contributed by atoms with Crippen LogP contribution < -0.4 is 24.7 Å². The van der Waals surface area contributed by atoms with Gasteiger partial charge in [-0.05, 0) is 54.4 Å². The fraction of sp³-hybridized carbons (Fsp3) is 0.185. The molecule has 3 aromatic carbocycles. The SMILES string of the molecule is CCCOc1cccc(C2C(C#N)=C(N)Oc3cc(OC(=O)COc4ccc(Br)cc4)ccc32)c1. The Morgan fingerprint density at radius 1 is 1.06 bits per heavy atom. The van der Waals surface area contributed by atoms with Gasteiger partial charge in [-0.3, -0.25) is 0 Å². The molecule has 4 rings (SSSR count). The highest BCUT2D eigenvalue weighted by atomic mass is 79.9. The van der Waals surface area contributed by atoms with Crippen LogP contribution in [0.1, 0.15) is 30.4 Å². The lowest BCUT2D eigenvalue weighted by Gasteiger charge is -2.27. The van der Waals surface area contributed by atoms with E-state index in [0.29, 0.717) is 29.4 Å². The van der Waals surface area contributed by atoms with E-state index in [0.717, 1.165) is 22.0 Å². The smallest absolute Gasteiger partial charge is 0.349 e. The van der Waals surface area contributed by atoms with Crippen LogP contribution in [-0.2, 0) is 4.79 Å². The summed E-state index contributed by atoms with van der Waals surface area (Å²) < 4.78 is 23.3. The molecule has 7 nitrogen and oxygen atoms in total. The number of benzene rings is 3. The Kier molecular flexibility index (Phi) is 7.58. The number of halogens is 1. The molecule has 1 unspecified atom stereocenters. The Labute approximate surface area is 211 Å². The zero-order valence-electron chi connectivity index (χ0n) is 19.0. The summed E-state index contributed by atoms with van der Waals surface area (Å²) in [6, 6.07) is 21.9. The third-order valence-corrected chi connectivity index (χ3v) is 5.79. The zero-order valence-corrected chi connectivity index (χ0v) is 20.6. The molecule has 1 aliphatic rings. The van der Waals surface area contributed by atoms with Gasteiger partial charge in [0.15, 0.2) is 6.61 Å². The van der Waals surface area contributed by atoms with Crippen LogP contribution in [0.25, 0.3) is 0 Å². The molecule has 0 aliphatic carbocycles. The maximum atomic E-state index is 12.3. The molecule has 0 fully saturated rings. The number of rotatable bonds is 8. The largest absolute Gasteiger partial charge is 0.494 e. The summed E-state index contributed by atoms with van der Waals surface area (Å²) in [6.07, 6.45) is 0.885. The van der Waals surface area contributed by atoms with E-state index in [2.05, 4.69) is 22.0 Å². The first-order valence-corrected chi connectivity index (χ1v) is 11.8. The van der Waals surface area contributed by atoms with Gasteiger partial charge in [-0.1, -0.05) is 41.1 Å². The molecule has 3 aromatic rings. The lowest BCUT2D eigenvalue weighted by atomic mass is 9.83. The van der Waals surface area contributed by atoms with Crippen molar-refractivity contribution in [2.45, 2.75) is 19.3 Å². The minimum atomic E-state index is -0.567. The van der Waals surface area contributed by atoms with Crippen molar-refractivity contribution in [2.75, 3.05) is 13.2 Å². The summed E-state index contributed by atoms with van der Waals surface area (Å²) >= 11 is 3.35. The molecule has 1 heterocycles. The number of carbonyl (C=O) groups excluding carboxylic acids is 1. The molecule has 0 radical (unpaired) electrons. The van der Waals surface area contributed by atoms with Gasteiger partial charge in [-0.15, -0.1) is 0 Å². The van der Waals surface area contributed by atoms with Gasteiger partial charge in [0, 0.05) is 16.1 Å². The van der Waals surface area contributed by atoms with Crippen LogP contribution in [0, 0.1) is 11.3 Å². The van der Waals surface area contributed by atoms with Gasteiger partial charge >= 0.3 is 5.97 Å². The molecule has 2 N–H and O–H groups in total. The maximum Gasteiger partial charge on any atom is 0.349 e. The van der Waals surface area contributed by atoms with E-state index in [1.165, 1.54) is 0 Å². The molecule has 0 saturated carbocycles. The number of hydrogen-bond donors (Lipinski definition) is 1. The Morgan fingerprint density at radius 3 is 2.57 bits per heavy atom. The minimum Gasteiger partial charge on any atom is -0.494 e. The number of carbonyl (C=O) groups is 1. The van der Waals surface area contributed by atoms with Crippen LogP contribution in [0.15, 0.2) is 82.7 Å². The van der Waals surface area contributed by atoms with E-state index >= 15 is 0 Å². The molecular formula is C27H23BrN2O5. The maximum absolute atomic E-state index is 12.3. The minimum absolute atomic E-state index is 0.00641. The van der Waals surface area contributed by atoms with Crippen molar-refractivity contribution in [1.82, 2.24) is 0 Å². The third-order valence-electron chi connectivity index (χ3n) is 5.26. The van der Waals surface area contributed by atoms with Crippen LogP contribution in [0.3, 0.4) is 0 Å². The predicted octanol–water partition coefficient (Wildman–Crippen LogP) is 5.44. The van der Waals surface area contributed by atoms with E-state index < -0.39 is 11.9 Å². The summed E-state index contributed by atoms with van der Waals surface area (Å²) in [4.78, 5) is 12.3. The highest BCUT2D eigenvalue weighted by Gasteiger charge is 2.31. The zero-order chi connectivity index (χ0) is 24.8. The van der Waals surface area contributed by atoms with Crippen LogP contribution in [-0.4, -0.2) is 19.2 Å². The molecule has 1 atom stereocenters. The van der Waals surface area contributed by atoms with Gasteiger partial charge in [0.25, 0.3) is 0 Å². The second-order valence-corrected chi connectivity index (χ2v) is 8.68. The van der Waals surface area contributed by atoms with Crippen molar-refractivity contribution < 1.29 is 23.7 Å². The van der Waals surface area contributed by atoms with Gasteiger partial charge in [-0.2, -0.15) is 5.26 Å². The Hall–Kier alpha value is -3.96. The van der Waals surface area contributed by atoms with Crippen molar-refractivity contribution in [3.05, 3.63) is 93.8 Å². The predicted molar refractivity (Wildman–Crippen MR) is 133 cm³/mol. The molecule has 0 aromatic heterocycles. The van der Waals surface area contributed by atoms with Crippen LogP contribution in [0.4, 0.5) is 0 Å². The lowest BCUT2D eigenvalue weighted by molar-refractivity contribution is -0.136. The standard InChI is InChI=1S/C27H23BrN2O5/c1-2-12-32-20-5-3-4-17(13-20)26-22-11-10-21(14-24(22)35-27(30)23(26)15-29)34-25(31)16-33-19-8-6-18(28)7-9-19/h3-11,13-14,26H,2,12,16,30H2,1H3. The Bertz CT molecular complexity index is 1300. The molecule has 0 spiro atoms. The van der Waals surface area contributed by atoms with Crippen molar-refractivity contribution in [1.29, 1.82) is 5.26 Å². The monoisotopic (exact) mass is 534 g/mol. The van der Waals surface area contributed by atoms with Crippen LogP contribution in [0.5, 0.6) is 23.0 Å². The number of hydrogen-bond acceptors (Lipinski definition) is 7. The van der Waals surface area contributed by atoms with Gasteiger partial charge < -0.3 is 24.7 Å². The van der Waals surface area contributed by atoms with Crippen molar-refractivity contribution in [3.8, 4) is 29.1 Å². The van der Waals surface area contributed by atoms with Crippen LogP contribution in [0.2, 0.25) is 0 Å². The fourth-order valence-electron chi connectivity index (χ4n) is 3.68. The van der Waals surface area contributed by atoms with E-state index in [9.17, 15) is 10.1 Å². The molecule has 35 heavy (non-hydrogen) atoms. The quantitative estimate of drug-likeness (QED) is 0.303. The number of fused-ring (bicyclic) bond motifs is 1. The topological polar surface area (TPSA) is 104 Å². The van der Waals surface area contributed by atoms with E-state index in [-0.39, 0.29) is 18.2 Å². The van der Waals surface area contributed by atoms with Gasteiger partial charge in [0.1, 0.15) is 34.6 Å². The average molecular weight is 535 g/mol. The number of nitrogens with two attached hydrogens (primary N) is 1. The molecule has 0 saturated heterocycles. The highest BCUT2D eigenvalue weighted by molar-refractivity contribution is 9.10. The number of ether oxygens (including phenoxy) is 4. The number of allylic oxidation sites excluding steroid dienone is 1. The lowest BCUT2D eigenvalue weighted by Crippen LogP contribution is -2.21. The molecular weight excluding hydrogens is 512 g/mol. The van der Waals surface area contributed by atoms with Gasteiger partial charge in [0.05, 0.1) is 12.5 Å². The number of nitrogens with zero attached hydrogens (tertiary/aromatic N) is 1. The van der Waals surface area contributed by atoms with Gasteiger partial charge in [-0.25, -0.2) is 4.79 Å². The van der Waals surface area contributed by atoms with E-state index in [1.54, 1.807) is 30.3 Å². The molecule has 0 bridgehead atoms. The third kappa shape index (κ3) is 5.76. The number of esters is 1. The fourth-order valence-corrected chi connectivity index (χ4v) is 3.94. The summed E-state index contributed by atoms with van der Waals surface area (Å²) in [7, 11) is 0. The average Bonchev–Trinajstić information content (AvgIpc) is 2.86. The van der Waals surface area contributed by atoms with Gasteiger partial charge in [0.2, 0.25) is 5.88 Å². The molecule has 8 heteroatoms. The molecule has 178 valence electrons. The molecule has 0 amide bonds. The first-order chi connectivity index (χ1) is 17.0. The van der Waals surface area contributed by atoms with E-state index in [4.69, 9.17) is 24.7 Å². The van der Waals surface area contributed by atoms with Crippen molar-refractivity contribution in [2.24, 2.45) is 5.73 Å². The summed E-state index contributed by atoms with van der Waals surface area (Å²) in [5.74, 6) is 0.942. The second kappa shape index (κ2) is 11.0. The first-order valence-electron chi connectivity index (χ1n) is 11.0. The summed E-state index contributed by atoms with van der Waals surface area (Å²) in [5.41, 5.74) is 7.97. The van der Waals surface area contributed by atoms with E-state index in [1.807, 2.05) is 43.3 Å². The summed E-state index contributed by atoms with van der Waals surface area (Å²) in [6.45, 7) is 2.37. The van der Waals surface area contributed by atoms with Crippen molar-refractivity contribution >= 4 is 21.9 Å². The molecule has 1 aliphatic heterocycles. The Balaban J connectivity index is 1.54. The first kappa shape index (κ1) is 24.2.